The highest BCUT2D eigenvalue weighted by atomic mass is 19.1. The molecule has 4 heteroatoms. The third kappa shape index (κ3) is 3.46. The monoisotopic (exact) mass is 181 g/mol. The molecule has 0 aliphatic heterocycles. The number of oxime groups is 1. The summed E-state index contributed by atoms with van der Waals surface area (Å²) in [4.78, 5) is 14.6. The number of carbonyl (C=O) groups excluding carboxylic acids is 1. The molecule has 0 saturated heterocycles. The smallest absolute Gasteiger partial charge is 0.319 e. The van der Waals surface area contributed by atoms with Gasteiger partial charge in [-0.3, -0.25) is 0 Å². The molecule has 0 atom stereocenters. The van der Waals surface area contributed by atoms with Crippen LogP contribution in [0.15, 0.2) is 29.4 Å². The van der Waals surface area contributed by atoms with Crippen LogP contribution < -0.4 is 0 Å². The number of hydrogen-bond donors (Lipinski definition) is 0. The molecular formula is C9H8FNO2. The zero-order valence-electron chi connectivity index (χ0n) is 7.03. The summed E-state index contributed by atoms with van der Waals surface area (Å²) in [5.41, 5.74) is 0.669. The number of nitrogens with zero attached hydrogens (tertiary/aromatic N) is 1. The number of benzene rings is 1. The molecule has 0 heterocycles. The highest BCUT2D eigenvalue weighted by Crippen LogP contribution is 1.99. The van der Waals surface area contributed by atoms with Crippen LogP contribution in [0.4, 0.5) is 4.39 Å². The van der Waals surface area contributed by atoms with Gasteiger partial charge in [0.1, 0.15) is 5.82 Å². The maximum absolute atomic E-state index is 12.4. The van der Waals surface area contributed by atoms with E-state index >= 15 is 0 Å². The van der Waals surface area contributed by atoms with Crippen LogP contribution in [0, 0.1) is 5.82 Å². The summed E-state index contributed by atoms with van der Waals surface area (Å²) in [5, 5.41) is 3.37. The van der Waals surface area contributed by atoms with E-state index in [2.05, 4.69) is 9.99 Å². The fourth-order valence-corrected chi connectivity index (χ4v) is 0.710. The van der Waals surface area contributed by atoms with Crippen LogP contribution in [0.25, 0.3) is 0 Å². The standard InChI is InChI=1S/C9H8FNO2/c1-7(12)13-11-6-8-2-4-9(10)5-3-8/h2-6H,1H3/b11-6+. The van der Waals surface area contributed by atoms with E-state index in [-0.39, 0.29) is 5.82 Å². The predicted octanol–water partition coefficient (Wildman–Crippen LogP) is 1.72. The summed E-state index contributed by atoms with van der Waals surface area (Å²) in [6.45, 7) is 1.25. The van der Waals surface area contributed by atoms with E-state index in [4.69, 9.17) is 0 Å². The summed E-state index contributed by atoms with van der Waals surface area (Å²) < 4.78 is 12.4. The van der Waals surface area contributed by atoms with Gasteiger partial charge in [0.2, 0.25) is 0 Å². The van der Waals surface area contributed by atoms with Gasteiger partial charge in [0.25, 0.3) is 0 Å². The molecule has 1 aromatic rings. The second-order valence-electron chi connectivity index (χ2n) is 2.37. The average molecular weight is 181 g/mol. The van der Waals surface area contributed by atoms with Crippen LogP contribution >= 0.6 is 0 Å². The Morgan fingerprint density at radius 2 is 2.08 bits per heavy atom. The molecular weight excluding hydrogens is 173 g/mol. The Hall–Kier alpha value is -1.71. The molecule has 3 nitrogen and oxygen atoms in total. The number of halogens is 1. The molecule has 0 bridgehead atoms. The highest BCUT2D eigenvalue weighted by Gasteiger charge is 1.90. The first-order valence-electron chi connectivity index (χ1n) is 3.65. The van der Waals surface area contributed by atoms with Crippen molar-refractivity contribution in [3.8, 4) is 0 Å². The first-order chi connectivity index (χ1) is 6.18. The largest absolute Gasteiger partial charge is 0.331 e. The van der Waals surface area contributed by atoms with Gasteiger partial charge in [-0.25, -0.2) is 9.18 Å². The zero-order valence-corrected chi connectivity index (χ0v) is 7.03. The van der Waals surface area contributed by atoms with E-state index in [0.29, 0.717) is 5.56 Å². The Balaban J connectivity index is 2.59. The molecule has 0 N–H and O–H groups in total. The van der Waals surface area contributed by atoms with Gasteiger partial charge in [0.15, 0.2) is 0 Å². The summed E-state index contributed by atoms with van der Waals surface area (Å²) in [6.07, 6.45) is 1.33. The SMILES string of the molecule is CC(=O)O/N=C/c1ccc(F)cc1. The normalized spacial score (nSPS) is 10.3. The fourth-order valence-electron chi connectivity index (χ4n) is 0.710. The first-order valence-corrected chi connectivity index (χ1v) is 3.65. The minimum atomic E-state index is -0.488. The summed E-state index contributed by atoms with van der Waals surface area (Å²) in [6, 6.07) is 5.66. The molecule has 0 fully saturated rings. The molecule has 0 spiro atoms. The van der Waals surface area contributed by atoms with Crippen molar-refractivity contribution in [2.24, 2.45) is 5.16 Å². The molecule has 0 amide bonds. The minimum Gasteiger partial charge on any atom is -0.319 e. The van der Waals surface area contributed by atoms with Crippen molar-refractivity contribution in [2.75, 3.05) is 0 Å². The first kappa shape index (κ1) is 9.38. The molecule has 0 aliphatic rings. The number of rotatable bonds is 2. The topological polar surface area (TPSA) is 38.7 Å². The van der Waals surface area contributed by atoms with E-state index in [9.17, 15) is 9.18 Å². The van der Waals surface area contributed by atoms with Crippen LogP contribution in [0.5, 0.6) is 0 Å². The molecule has 0 aliphatic carbocycles. The highest BCUT2D eigenvalue weighted by molar-refractivity contribution is 5.79. The van der Waals surface area contributed by atoms with Crippen molar-refractivity contribution in [1.29, 1.82) is 0 Å². The Labute approximate surface area is 74.8 Å². The Morgan fingerprint density at radius 3 is 2.62 bits per heavy atom. The van der Waals surface area contributed by atoms with Crippen molar-refractivity contribution in [3.63, 3.8) is 0 Å². The van der Waals surface area contributed by atoms with Crippen molar-refractivity contribution >= 4 is 12.2 Å². The summed E-state index contributed by atoms with van der Waals surface area (Å²) in [7, 11) is 0. The zero-order chi connectivity index (χ0) is 9.68. The minimum absolute atomic E-state index is 0.315. The van der Waals surface area contributed by atoms with Crippen LogP contribution in [0.2, 0.25) is 0 Å². The van der Waals surface area contributed by atoms with Crippen molar-refractivity contribution < 1.29 is 14.0 Å². The lowest BCUT2D eigenvalue weighted by atomic mass is 10.2. The van der Waals surface area contributed by atoms with E-state index < -0.39 is 5.97 Å². The van der Waals surface area contributed by atoms with Crippen molar-refractivity contribution in [1.82, 2.24) is 0 Å². The molecule has 13 heavy (non-hydrogen) atoms. The van der Waals surface area contributed by atoms with Gasteiger partial charge >= 0.3 is 5.97 Å². The Morgan fingerprint density at radius 1 is 1.46 bits per heavy atom. The van der Waals surface area contributed by atoms with Crippen LogP contribution in [0.3, 0.4) is 0 Å². The average Bonchev–Trinajstić information content (AvgIpc) is 2.08. The van der Waals surface area contributed by atoms with Gasteiger partial charge in [-0.2, -0.15) is 0 Å². The quantitative estimate of drug-likeness (QED) is 0.396. The van der Waals surface area contributed by atoms with Crippen LogP contribution in [0.1, 0.15) is 12.5 Å². The van der Waals surface area contributed by atoms with Gasteiger partial charge in [0.05, 0.1) is 6.21 Å². The van der Waals surface area contributed by atoms with Crippen molar-refractivity contribution in [2.45, 2.75) is 6.92 Å². The van der Waals surface area contributed by atoms with Crippen LogP contribution in [-0.2, 0) is 9.63 Å². The number of hydrogen-bond acceptors (Lipinski definition) is 3. The van der Waals surface area contributed by atoms with Gasteiger partial charge < -0.3 is 4.84 Å². The molecule has 0 aromatic heterocycles. The molecule has 68 valence electrons. The Kier molecular flexibility index (Phi) is 3.14. The lowest BCUT2D eigenvalue weighted by molar-refractivity contribution is -0.140. The maximum Gasteiger partial charge on any atom is 0.331 e. The number of carbonyl (C=O) groups is 1. The lowest BCUT2D eigenvalue weighted by Crippen LogP contribution is -1.91. The van der Waals surface area contributed by atoms with Crippen molar-refractivity contribution in [3.05, 3.63) is 35.6 Å². The second-order valence-corrected chi connectivity index (χ2v) is 2.37. The fraction of sp³-hybridized carbons (Fsp3) is 0.111. The lowest BCUT2D eigenvalue weighted by Gasteiger charge is -1.91. The third-order valence-corrected chi connectivity index (χ3v) is 1.25. The van der Waals surface area contributed by atoms with Gasteiger partial charge in [-0.1, -0.05) is 17.3 Å². The van der Waals surface area contributed by atoms with Gasteiger partial charge in [-0.15, -0.1) is 0 Å². The summed E-state index contributed by atoms with van der Waals surface area (Å²) in [5.74, 6) is -0.803. The molecule has 1 rings (SSSR count). The van der Waals surface area contributed by atoms with E-state index in [0.717, 1.165) is 0 Å². The second kappa shape index (κ2) is 4.35. The third-order valence-electron chi connectivity index (χ3n) is 1.25. The molecule has 1 aromatic carbocycles. The van der Waals surface area contributed by atoms with Crippen LogP contribution in [-0.4, -0.2) is 12.2 Å². The van der Waals surface area contributed by atoms with Gasteiger partial charge in [-0.05, 0) is 17.7 Å². The molecule has 0 unspecified atom stereocenters. The maximum atomic E-state index is 12.4. The van der Waals surface area contributed by atoms with E-state index in [1.165, 1.54) is 37.4 Å². The molecule has 0 radical (unpaired) electrons. The molecule has 0 saturated carbocycles. The van der Waals surface area contributed by atoms with E-state index in [1.807, 2.05) is 0 Å². The predicted molar refractivity (Wildman–Crippen MR) is 45.8 cm³/mol. The van der Waals surface area contributed by atoms with Gasteiger partial charge in [0, 0.05) is 6.92 Å². The summed E-state index contributed by atoms with van der Waals surface area (Å²) >= 11 is 0. The Bertz CT molecular complexity index is 319. The van der Waals surface area contributed by atoms with E-state index in [1.54, 1.807) is 0 Å².